The standard InChI is InChI=1S/C22H23FO/c1-4-7-15(2)20-14-18(23)12-13-21(20)24-22-16(3)10-11-17-8-5-6-9-19(17)22/h4-9,12-14,16,22H,2,10-11H2,1,3H3/b7-4-/t16?,22-/m1/s1. The van der Waals surface area contributed by atoms with Crippen molar-refractivity contribution in [1.29, 1.82) is 0 Å². The Balaban J connectivity index is 1.98. The van der Waals surface area contributed by atoms with Gasteiger partial charge in [0.25, 0.3) is 0 Å². The minimum atomic E-state index is -0.278. The van der Waals surface area contributed by atoms with Crippen LogP contribution in [0.1, 0.15) is 43.1 Å². The number of allylic oxidation sites excluding steroid dienone is 3. The van der Waals surface area contributed by atoms with Gasteiger partial charge in [-0.2, -0.15) is 0 Å². The molecule has 1 aliphatic rings. The summed E-state index contributed by atoms with van der Waals surface area (Å²) in [6, 6.07) is 13.1. The van der Waals surface area contributed by atoms with Crippen molar-refractivity contribution >= 4 is 5.57 Å². The van der Waals surface area contributed by atoms with Crippen LogP contribution in [-0.4, -0.2) is 0 Å². The van der Waals surface area contributed by atoms with Gasteiger partial charge in [0.05, 0.1) is 0 Å². The molecule has 0 radical (unpaired) electrons. The summed E-state index contributed by atoms with van der Waals surface area (Å²) in [6.45, 7) is 8.17. The van der Waals surface area contributed by atoms with Crippen molar-refractivity contribution in [2.24, 2.45) is 5.92 Å². The monoisotopic (exact) mass is 322 g/mol. The van der Waals surface area contributed by atoms with Gasteiger partial charge in [-0.15, -0.1) is 0 Å². The molecule has 1 aliphatic carbocycles. The van der Waals surface area contributed by atoms with Gasteiger partial charge in [0.15, 0.2) is 0 Å². The Morgan fingerprint density at radius 2 is 2.04 bits per heavy atom. The third kappa shape index (κ3) is 3.28. The van der Waals surface area contributed by atoms with Crippen molar-refractivity contribution in [2.75, 3.05) is 0 Å². The number of halogens is 1. The Morgan fingerprint density at radius 3 is 2.83 bits per heavy atom. The molecule has 0 aromatic heterocycles. The van der Waals surface area contributed by atoms with Gasteiger partial charge in [0.2, 0.25) is 0 Å². The predicted octanol–water partition coefficient (Wildman–Crippen LogP) is 6.12. The molecule has 0 spiro atoms. The van der Waals surface area contributed by atoms with Crippen LogP contribution in [0.5, 0.6) is 5.75 Å². The van der Waals surface area contributed by atoms with Crippen LogP contribution in [0.4, 0.5) is 4.39 Å². The Bertz CT molecular complexity index is 775. The highest BCUT2D eigenvalue weighted by Gasteiger charge is 2.28. The van der Waals surface area contributed by atoms with E-state index in [0.29, 0.717) is 17.2 Å². The van der Waals surface area contributed by atoms with Crippen LogP contribution in [0.25, 0.3) is 5.57 Å². The van der Waals surface area contributed by atoms with E-state index in [-0.39, 0.29) is 11.9 Å². The minimum absolute atomic E-state index is 0.0161. The van der Waals surface area contributed by atoms with Crippen molar-refractivity contribution in [3.8, 4) is 5.75 Å². The fourth-order valence-electron chi connectivity index (χ4n) is 3.34. The lowest BCUT2D eigenvalue weighted by Crippen LogP contribution is -2.23. The third-order valence-corrected chi connectivity index (χ3v) is 4.66. The Labute approximate surface area is 143 Å². The molecule has 124 valence electrons. The van der Waals surface area contributed by atoms with Crippen LogP contribution >= 0.6 is 0 Å². The van der Waals surface area contributed by atoms with E-state index in [9.17, 15) is 4.39 Å². The maximum atomic E-state index is 13.7. The molecule has 0 heterocycles. The SMILES string of the molecule is C=C(/C=C\C)c1cc(F)ccc1O[C@H]1c2ccccc2CCC1C. The maximum Gasteiger partial charge on any atom is 0.128 e. The van der Waals surface area contributed by atoms with Crippen LogP contribution in [0.3, 0.4) is 0 Å². The van der Waals surface area contributed by atoms with Gasteiger partial charge in [0, 0.05) is 5.56 Å². The number of ether oxygens (including phenoxy) is 1. The Hall–Kier alpha value is -2.35. The molecule has 0 amide bonds. The van der Waals surface area contributed by atoms with E-state index in [0.717, 1.165) is 18.4 Å². The largest absolute Gasteiger partial charge is 0.485 e. The van der Waals surface area contributed by atoms with Gasteiger partial charge in [0.1, 0.15) is 17.7 Å². The molecule has 2 atom stereocenters. The quantitative estimate of drug-likeness (QED) is 0.616. The molecule has 0 saturated heterocycles. The molecule has 2 aromatic rings. The van der Waals surface area contributed by atoms with Gasteiger partial charge < -0.3 is 4.74 Å². The Morgan fingerprint density at radius 1 is 1.25 bits per heavy atom. The average Bonchev–Trinajstić information content (AvgIpc) is 2.59. The highest BCUT2D eigenvalue weighted by atomic mass is 19.1. The molecular weight excluding hydrogens is 299 g/mol. The fraction of sp³-hybridized carbons (Fsp3) is 0.273. The summed E-state index contributed by atoms with van der Waals surface area (Å²) in [5.41, 5.74) is 4.05. The highest BCUT2D eigenvalue weighted by molar-refractivity contribution is 5.76. The van der Waals surface area contributed by atoms with Gasteiger partial charge in [-0.1, -0.05) is 49.9 Å². The summed E-state index contributed by atoms with van der Waals surface area (Å²) < 4.78 is 20.1. The average molecular weight is 322 g/mol. The zero-order valence-electron chi connectivity index (χ0n) is 14.3. The first-order chi connectivity index (χ1) is 11.6. The molecule has 0 saturated carbocycles. The third-order valence-electron chi connectivity index (χ3n) is 4.66. The first kappa shape index (κ1) is 16.5. The number of rotatable bonds is 4. The van der Waals surface area contributed by atoms with E-state index in [1.807, 2.05) is 19.1 Å². The second kappa shape index (κ2) is 7.04. The van der Waals surface area contributed by atoms with Crippen LogP contribution in [0.2, 0.25) is 0 Å². The zero-order chi connectivity index (χ0) is 17.1. The normalized spacial score (nSPS) is 20.0. The van der Waals surface area contributed by atoms with Gasteiger partial charge in [-0.05, 0) is 60.6 Å². The van der Waals surface area contributed by atoms with Crippen molar-refractivity contribution < 1.29 is 9.13 Å². The Kier molecular flexibility index (Phi) is 4.84. The lowest BCUT2D eigenvalue weighted by Gasteiger charge is -2.32. The topological polar surface area (TPSA) is 9.23 Å². The van der Waals surface area contributed by atoms with Crippen LogP contribution in [-0.2, 0) is 6.42 Å². The highest BCUT2D eigenvalue weighted by Crippen LogP contribution is 2.39. The first-order valence-electron chi connectivity index (χ1n) is 8.46. The molecule has 1 nitrogen and oxygen atoms in total. The van der Waals surface area contributed by atoms with Crippen molar-refractivity contribution in [1.82, 2.24) is 0 Å². The molecule has 0 N–H and O–H groups in total. The molecule has 0 fully saturated rings. The number of benzene rings is 2. The van der Waals surface area contributed by atoms with E-state index in [1.165, 1.54) is 23.3 Å². The summed E-state index contributed by atoms with van der Waals surface area (Å²) in [7, 11) is 0. The molecule has 0 aliphatic heterocycles. The van der Waals surface area contributed by atoms with E-state index in [2.05, 4.69) is 37.8 Å². The summed E-state index contributed by atoms with van der Waals surface area (Å²) in [6.07, 6.45) is 5.93. The fourth-order valence-corrected chi connectivity index (χ4v) is 3.34. The molecule has 24 heavy (non-hydrogen) atoms. The van der Waals surface area contributed by atoms with Gasteiger partial charge in [-0.3, -0.25) is 0 Å². The van der Waals surface area contributed by atoms with Crippen LogP contribution in [0.15, 0.2) is 61.2 Å². The minimum Gasteiger partial charge on any atom is -0.485 e. The summed E-state index contributed by atoms with van der Waals surface area (Å²) in [5, 5.41) is 0. The second-order valence-electron chi connectivity index (χ2n) is 6.42. The van der Waals surface area contributed by atoms with Crippen molar-refractivity contribution in [3.05, 3.63) is 83.7 Å². The van der Waals surface area contributed by atoms with E-state index >= 15 is 0 Å². The summed E-state index contributed by atoms with van der Waals surface area (Å²) >= 11 is 0. The second-order valence-corrected chi connectivity index (χ2v) is 6.42. The van der Waals surface area contributed by atoms with E-state index in [1.54, 1.807) is 6.07 Å². The first-order valence-corrected chi connectivity index (χ1v) is 8.46. The molecular formula is C22H23FO. The lowest BCUT2D eigenvalue weighted by atomic mass is 9.82. The number of fused-ring (bicyclic) bond motifs is 1. The molecule has 2 aromatic carbocycles. The summed E-state index contributed by atoms with van der Waals surface area (Å²) in [4.78, 5) is 0. The molecule has 3 rings (SSSR count). The van der Waals surface area contributed by atoms with E-state index in [4.69, 9.17) is 4.74 Å². The molecule has 2 heteroatoms. The zero-order valence-corrected chi connectivity index (χ0v) is 14.3. The van der Waals surface area contributed by atoms with Gasteiger partial charge >= 0.3 is 0 Å². The molecule has 0 bridgehead atoms. The number of aryl methyl sites for hydroxylation is 1. The predicted molar refractivity (Wildman–Crippen MR) is 97.5 cm³/mol. The smallest absolute Gasteiger partial charge is 0.128 e. The van der Waals surface area contributed by atoms with E-state index < -0.39 is 0 Å². The van der Waals surface area contributed by atoms with Crippen LogP contribution < -0.4 is 4.74 Å². The number of hydrogen-bond donors (Lipinski definition) is 0. The van der Waals surface area contributed by atoms with Crippen LogP contribution in [0, 0.1) is 11.7 Å². The van der Waals surface area contributed by atoms with Gasteiger partial charge in [-0.25, -0.2) is 4.39 Å². The number of hydrogen-bond acceptors (Lipinski definition) is 1. The lowest BCUT2D eigenvalue weighted by molar-refractivity contribution is 0.129. The molecule has 1 unspecified atom stereocenters. The van der Waals surface area contributed by atoms with Crippen molar-refractivity contribution in [2.45, 2.75) is 32.8 Å². The van der Waals surface area contributed by atoms with Crippen molar-refractivity contribution in [3.63, 3.8) is 0 Å². The summed E-state index contributed by atoms with van der Waals surface area (Å²) in [5.74, 6) is 0.820. The maximum absolute atomic E-state index is 13.7.